The molecule has 0 atom stereocenters. The van der Waals surface area contributed by atoms with E-state index in [-0.39, 0.29) is 5.82 Å². The molecule has 1 fully saturated rings. The van der Waals surface area contributed by atoms with E-state index in [2.05, 4.69) is 27.5 Å². The lowest BCUT2D eigenvalue weighted by molar-refractivity contribution is 0.185. The van der Waals surface area contributed by atoms with Gasteiger partial charge in [-0.05, 0) is 42.2 Å². The monoisotopic (exact) mass is 437 g/mol. The second-order valence-electron chi connectivity index (χ2n) is 8.38. The molecule has 0 spiro atoms. The molecule has 160 valence electrons. The number of allylic oxidation sites excluding steroid dienone is 2. The number of piperidine rings is 1. The first-order chi connectivity index (χ1) is 14.9. The molecule has 0 bridgehead atoms. The van der Waals surface area contributed by atoms with Crippen molar-refractivity contribution in [1.29, 1.82) is 0 Å². The molecule has 31 heavy (non-hydrogen) atoms. The molecule has 3 heterocycles. The highest BCUT2D eigenvalue weighted by molar-refractivity contribution is 6.37. The Morgan fingerprint density at radius 3 is 2.61 bits per heavy atom. The quantitative estimate of drug-likeness (QED) is 0.646. The van der Waals surface area contributed by atoms with Crippen molar-refractivity contribution < 1.29 is 4.39 Å². The fraction of sp³-hybridized carbons (Fsp3) is 0.292. The van der Waals surface area contributed by atoms with Gasteiger partial charge in [-0.2, -0.15) is 5.10 Å². The number of aromatic nitrogens is 2. The van der Waals surface area contributed by atoms with E-state index >= 15 is 0 Å². The Kier molecular flexibility index (Phi) is 4.99. The van der Waals surface area contributed by atoms with Crippen LogP contribution in [0.25, 0.3) is 16.5 Å². The second-order valence-corrected chi connectivity index (χ2v) is 8.76. The van der Waals surface area contributed by atoms with Crippen molar-refractivity contribution >= 4 is 28.1 Å². The molecule has 3 aromatic rings. The summed E-state index contributed by atoms with van der Waals surface area (Å²) >= 11 is 6.68. The third-order valence-corrected chi connectivity index (χ3v) is 6.80. The summed E-state index contributed by atoms with van der Waals surface area (Å²) in [4.78, 5) is 2.28. The van der Waals surface area contributed by atoms with Gasteiger partial charge >= 0.3 is 0 Å². The average Bonchev–Trinajstić information content (AvgIpc) is 3.16. The van der Waals surface area contributed by atoms with Gasteiger partial charge in [0.2, 0.25) is 0 Å². The predicted octanol–water partition coefficient (Wildman–Crippen LogP) is 4.14. The molecule has 2 aliphatic rings. The first-order valence-corrected chi connectivity index (χ1v) is 10.9. The van der Waals surface area contributed by atoms with Gasteiger partial charge in [-0.3, -0.25) is 4.68 Å². The highest BCUT2D eigenvalue weighted by Gasteiger charge is 2.35. The van der Waals surface area contributed by atoms with Crippen LogP contribution in [0.15, 0.2) is 60.6 Å². The number of dihydropyridines is 1. The normalized spacial score (nSPS) is 18.5. The fourth-order valence-electron chi connectivity index (χ4n) is 4.59. The maximum absolute atomic E-state index is 14.3. The molecule has 2 aromatic carbocycles. The molecule has 1 aromatic heterocycles. The molecule has 7 heteroatoms. The van der Waals surface area contributed by atoms with E-state index in [4.69, 9.17) is 17.3 Å². The Bertz CT molecular complexity index is 1200. The van der Waals surface area contributed by atoms with Crippen LogP contribution in [-0.4, -0.2) is 34.3 Å². The SMILES string of the molecule is Cn1cc2c(Cl)c(C3=CC=C(N4CCC(N)(c5ccccc5F)CC4)NC3)ccc2n1. The van der Waals surface area contributed by atoms with Crippen molar-refractivity contribution in [2.24, 2.45) is 12.8 Å². The van der Waals surface area contributed by atoms with Crippen LogP contribution in [0.5, 0.6) is 0 Å². The molecule has 0 saturated carbocycles. The van der Waals surface area contributed by atoms with Crippen molar-refractivity contribution in [3.05, 3.63) is 82.5 Å². The van der Waals surface area contributed by atoms with Gasteiger partial charge in [0, 0.05) is 49.4 Å². The molecule has 3 N–H and O–H groups in total. The van der Waals surface area contributed by atoms with Crippen molar-refractivity contribution in [2.75, 3.05) is 19.6 Å². The summed E-state index contributed by atoms with van der Waals surface area (Å²) in [5.41, 5.74) is 9.64. The number of halogens is 2. The fourth-order valence-corrected chi connectivity index (χ4v) is 4.92. The predicted molar refractivity (Wildman–Crippen MR) is 123 cm³/mol. The van der Waals surface area contributed by atoms with E-state index in [0.29, 0.717) is 24.9 Å². The van der Waals surface area contributed by atoms with Crippen LogP contribution in [0.4, 0.5) is 4.39 Å². The highest BCUT2D eigenvalue weighted by Crippen LogP contribution is 2.35. The topological polar surface area (TPSA) is 59.1 Å². The largest absolute Gasteiger partial charge is 0.368 e. The number of aryl methyl sites for hydroxylation is 1. The minimum Gasteiger partial charge on any atom is -0.368 e. The molecule has 0 unspecified atom stereocenters. The van der Waals surface area contributed by atoms with E-state index in [0.717, 1.165) is 46.0 Å². The van der Waals surface area contributed by atoms with Crippen LogP contribution < -0.4 is 11.1 Å². The molecule has 2 aliphatic heterocycles. The van der Waals surface area contributed by atoms with Gasteiger partial charge in [-0.1, -0.05) is 41.9 Å². The molecule has 1 saturated heterocycles. The minimum absolute atomic E-state index is 0.219. The van der Waals surface area contributed by atoms with Gasteiger partial charge in [0.15, 0.2) is 0 Å². The number of likely N-dealkylation sites (tertiary alicyclic amines) is 1. The van der Waals surface area contributed by atoms with Crippen molar-refractivity contribution in [3.63, 3.8) is 0 Å². The number of rotatable bonds is 3. The number of nitrogens with two attached hydrogens (primary N) is 1. The van der Waals surface area contributed by atoms with E-state index in [1.54, 1.807) is 16.8 Å². The lowest BCUT2D eigenvalue weighted by Crippen LogP contribution is -2.50. The summed E-state index contributed by atoms with van der Waals surface area (Å²) in [6.07, 6.45) is 7.56. The van der Waals surface area contributed by atoms with Crippen molar-refractivity contribution in [1.82, 2.24) is 20.0 Å². The lowest BCUT2D eigenvalue weighted by Gasteiger charge is -2.42. The maximum atomic E-state index is 14.3. The zero-order chi connectivity index (χ0) is 21.6. The standard InChI is InChI=1S/C24H25ClFN5/c1-30-15-18-21(29-30)8-7-17(23(18)25)16-6-9-22(28-14-16)31-12-10-24(27,11-13-31)19-4-2-3-5-20(19)26/h2-9,15,28H,10-14,27H2,1H3. The van der Waals surface area contributed by atoms with Gasteiger partial charge in [0.05, 0.1) is 10.5 Å². The molecule has 0 radical (unpaired) electrons. The minimum atomic E-state index is -0.620. The smallest absolute Gasteiger partial charge is 0.128 e. The molecular formula is C24H25ClFN5. The number of benzene rings is 2. The van der Waals surface area contributed by atoms with Gasteiger partial charge in [0.25, 0.3) is 0 Å². The van der Waals surface area contributed by atoms with E-state index < -0.39 is 5.54 Å². The second kappa shape index (κ2) is 7.70. The molecule has 0 aliphatic carbocycles. The van der Waals surface area contributed by atoms with Crippen LogP contribution in [-0.2, 0) is 12.6 Å². The van der Waals surface area contributed by atoms with Crippen molar-refractivity contribution in [2.45, 2.75) is 18.4 Å². The zero-order valence-electron chi connectivity index (χ0n) is 17.4. The molecule has 5 rings (SSSR count). The Labute approximate surface area is 186 Å². The molecule has 5 nitrogen and oxygen atoms in total. The van der Waals surface area contributed by atoms with Gasteiger partial charge in [-0.25, -0.2) is 4.39 Å². The zero-order valence-corrected chi connectivity index (χ0v) is 18.2. The van der Waals surface area contributed by atoms with Gasteiger partial charge in [-0.15, -0.1) is 0 Å². The first-order valence-electron chi connectivity index (χ1n) is 10.5. The summed E-state index contributed by atoms with van der Waals surface area (Å²) in [5.74, 6) is 0.849. The van der Waals surface area contributed by atoms with Gasteiger partial charge < -0.3 is 16.0 Å². The molecular weight excluding hydrogens is 413 g/mol. The maximum Gasteiger partial charge on any atom is 0.128 e. The Morgan fingerprint density at radius 2 is 1.90 bits per heavy atom. The average molecular weight is 438 g/mol. The third-order valence-electron chi connectivity index (χ3n) is 6.39. The summed E-state index contributed by atoms with van der Waals surface area (Å²) < 4.78 is 16.0. The Hall–Kier alpha value is -2.83. The number of nitrogens with one attached hydrogen (secondary N) is 1. The summed E-state index contributed by atoms with van der Waals surface area (Å²) in [6, 6.07) is 10.9. The number of hydrogen-bond acceptors (Lipinski definition) is 4. The van der Waals surface area contributed by atoms with Crippen LogP contribution >= 0.6 is 11.6 Å². The van der Waals surface area contributed by atoms with Crippen LogP contribution in [0.3, 0.4) is 0 Å². The molecule has 0 amide bonds. The van der Waals surface area contributed by atoms with Crippen molar-refractivity contribution in [3.8, 4) is 0 Å². The summed E-state index contributed by atoms with van der Waals surface area (Å²) in [5, 5.41) is 9.63. The highest BCUT2D eigenvalue weighted by atomic mass is 35.5. The van der Waals surface area contributed by atoms with Gasteiger partial charge in [0.1, 0.15) is 11.6 Å². The summed E-state index contributed by atoms with van der Waals surface area (Å²) in [7, 11) is 1.90. The van der Waals surface area contributed by atoms with E-state index in [9.17, 15) is 4.39 Å². The van der Waals surface area contributed by atoms with E-state index in [1.807, 2.05) is 31.4 Å². The Morgan fingerprint density at radius 1 is 1.13 bits per heavy atom. The van der Waals surface area contributed by atoms with E-state index in [1.165, 1.54) is 6.07 Å². The first kappa shape index (κ1) is 20.1. The summed E-state index contributed by atoms with van der Waals surface area (Å²) in [6.45, 7) is 2.24. The number of hydrogen-bond donors (Lipinski definition) is 2. The number of fused-ring (bicyclic) bond motifs is 1. The van der Waals surface area contributed by atoms with Crippen LogP contribution in [0.2, 0.25) is 5.02 Å². The third kappa shape index (κ3) is 3.60. The van der Waals surface area contributed by atoms with Crippen LogP contribution in [0.1, 0.15) is 24.0 Å². The Balaban J connectivity index is 1.33. The lowest BCUT2D eigenvalue weighted by atomic mass is 9.81. The van der Waals surface area contributed by atoms with Crippen LogP contribution in [0, 0.1) is 5.82 Å². The number of nitrogens with zero attached hydrogens (tertiary/aromatic N) is 3.